The van der Waals surface area contributed by atoms with Crippen LogP contribution in [0.4, 0.5) is 5.82 Å². The highest BCUT2D eigenvalue weighted by Crippen LogP contribution is 2.34. The Kier molecular flexibility index (Phi) is 5.48. The minimum absolute atomic E-state index is 0.154. The van der Waals surface area contributed by atoms with Gasteiger partial charge in [-0.2, -0.15) is 5.10 Å². The van der Waals surface area contributed by atoms with Crippen LogP contribution < -0.4 is 15.8 Å². The summed E-state index contributed by atoms with van der Waals surface area (Å²) in [4.78, 5) is 0. The fourth-order valence-electron chi connectivity index (χ4n) is 4.51. The van der Waals surface area contributed by atoms with Crippen LogP contribution in [0.5, 0.6) is 5.75 Å². The Morgan fingerprint density at radius 2 is 1.67 bits per heavy atom. The molecule has 0 saturated carbocycles. The molecule has 0 saturated heterocycles. The molecule has 1 aromatic heterocycles. The van der Waals surface area contributed by atoms with E-state index in [9.17, 15) is 0 Å². The van der Waals surface area contributed by atoms with E-state index in [4.69, 9.17) is 10.5 Å². The van der Waals surface area contributed by atoms with Gasteiger partial charge < -0.3 is 15.8 Å². The van der Waals surface area contributed by atoms with Crippen molar-refractivity contribution in [3.8, 4) is 16.9 Å². The lowest BCUT2D eigenvalue weighted by atomic mass is 9.92. The maximum absolute atomic E-state index is 5.97. The topological polar surface area (TPSA) is 76.0 Å². The van der Waals surface area contributed by atoms with Gasteiger partial charge in [-0.25, -0.2) is 0 Å². The van der Waals surface area contributed by atoms with Gasteiger partial charge in [-0.1, -0.05) is 42.5 Å². The number of nitrogens with two attached hydrogens (primary N) is 1. The van der Waals surface area contributed by atoms with Crippen LogP contribution in [0.3, 0.4) is 0 Å². The van der Waals surface area contributed by atoms with Crippen molar-refractivity contribution in [3.05, 3.63) is 90.0 Å². The van der Waals surface area contributed by atoms with E-state index in [1.54, 1.807) is 7.11 Å². The van der Waals surface area contributed by atoms with Gasteiger partial charge in [0.2, 0.25) is 0 Å². The van der Waals surface area contributed by atoms with Crippen molar-refractivity contribution < 1.29 is 4.74 Å². The Morgan fingerprint density at radius 3 is 2.52 bits per heavy atom. The molecular weight excluding hydrogens is 408 g/mol. The number of rotatable bonds is 6. The van der Waals surface area contributed by atoms with E-state index in [1.807, 2.05) is 18.2 Å². The largest absolute Gasteiger partial charge is 0.497 e. The Balaban J connectivity index is 1.53. The average Bonchev–Trinajstić information content (AvgIpc) is 3.23. The highest BCUT2D eigenvalue weighted by molar-refractivity contribution is 6.00. The van der Waals surface area contributed by atoms with Gasteiger partial charge in [0.05, 0.1) is 12.6 Å². The van der Waals surface area contributed by atoms with Crippen LogP contribution in [0, 0.1) is 0 Å². The van der Waals surface area contributed by atoms with Crippen molar-refractivity contribution in [2.75, 3.05) is 12.8 Å². The monoisotopic (exact) mass is 436 g/mol. The number of fused-ring (bicyclic) bond motifs is 2. The normalized spacial score (nSPS) is 13.3. The predicted octanol–water partition coefficient (Wildman–Crippen LogP) is 6.39. The summed E-state index contributed by atoms with van der Waals surface area (Å²) < 4.78 is 5.40. The third-order valence-corrected chi connectivity index (χ3v) is 6.38. The van der Waals surface area contributed by atoms with Crippen molar-refractivity contribution in [2.24, 2.45) is 0 Å². The molecule has 166 valence electrons. The first kappa shape index (κ1) is 21.0. The van der Waals surface area contributed by atoms with Crippen molar-refractivity contribution in [3.63, 3.8) is 0 Å². The van der Waals surface area contributed by atoms with E-state index < -0.39 is 0 Å². The van der Waals surface area contributed by atoms with Gasteiger partial charge >= 0.3 is 0 Å². The third kappa shape index (κ3) is 4.03. The highest BCUT2D eigenvalue weighted by Gasteiger charge is 2.15. The molecule has 0 amide bonds. The molecule has 0 fully saturated rings. The summed E-state index contributed by atoms with van der Waals surface area (Å²) in [5, 5.41) is 14.3. The Morgan fingerprint density at radius 1 is 0.848 bits per heavy atom. The van der Waals surface area contributed by atoms with Crippen LogP contribution in [0.1, 0.15) is 37.1 Å². The van der Waals surface area contributed by atoms with Crippen LogP contribution in [-0.4, -0.2) is 17.3 Å². The zero-order chi connectivity index (χ0) is 22.9. The number of aromatic nitrogens is 2. The van der Waals surface area contributed by atoms with Crippen LogP contribution >= 0.6 is 0 Å². The lowest BCUT2D eigenvalue weighted by Crippen LogP contribution is -2.22. The summed E-state index contributed by atoms with van der Waals surface area (Å²) in [7, 11) is 1.70. The first-order chi connectivity index (χ1) is 16.0. The summed E-state index contributed by atoms with van der Waals surface area (Å²) in [6.45, 7) is 4.40. The minimum atomic E-state index is 0.154. The van der Waals surface area contributed by atoms with Gasteiger partial charge in [-0.3, -0.25) is 5.10 Å². The Hall–Kier alpha value is -3.83. The zero-order valence-corrected chi connectivity index (χ0v) is 19.1. The smallest absolute Gasteiger partial charge is 0.153 e. The molecule has 4 aromatic carbocycles. The standard InChI is InChI=1S/C28H28N4O/c1-17(19-8-6-9-23(14-19)33-3)30-18(2)22-13-20-7-4-5-10-24(20)26(15-22)21-11-12-25-27(16-21)31-32-28(25)29/h4-18,30H,1-3H3,(H3,29,31,32)/t17-,18?/m1/s1. The molecule has 2 atom stereocenters. The highest BCUT2D eigenvalue weighted by atomic mass is 16.5. The molecule has 0 radical (unpaired) electrons. The fraction of sp³-hybridized carbons (Fsp3) is 0.179. The third-order valence-electron chi connectivity index (χ3n) is 6.38. The summed E-state index contributed by atoms with van der Waals surface area (Å²) in [6.07, 6.45) is 0. The van der Waals surface area contributed by atoms with Crippen molar-refractivity contribution in [2.45, 2.75) is 25.9 Å². The lowest BCUT2D eigenvalue weighted by molar-refractivity contribution is 0.412. The lowest BCUT2D eigenvalue weighted by Gasteiger charge is -2.22. The SMILES string of the molecule is COc1cccc([C@@H](C)NC(C)c2cc(-c3ccc4c(N)n[nH]c4c3)c3ccccc3c2)c1. The second kappa shape index (κ2) is 8.60. The van der Waals surface area contributed by atoms with Gasteiger partial charge in [0.1, 0.15) is 5.75 Å². The summed E-state index contributed by atoms with van der Waals surface area (Å²) in [5.74, 6) is 1.40. The van der Waals surface area contributed by atoms with E-state index in [0.29, 0.717) is 5.82 Å². The molecule has 1 unspecified atom stereocenters. The summed E-state index contributed by atoms with van der Waals surface area (Å²) in [6, 6.07) is 27.9. The minimum Gasteiger partial charge on any atom is -0.497 e. The molecule has 4 N–H and O–H groups in total. The first-order valence-corrected chi connectivity index (χ1v) is 11.2. The number of hydrogen-bond donors (Lipinski definition) is 3. The summed E-state index contributed by atoms with van der Waals surface area (Å²) in [5.41, 5.74) is 11.7. The number of hydrogen-bond acceptors (Lipinski definition) is 4. The first-order valence-electron chi connectivity index (χ1n) is 11.2. The number of methoxy groups -OCH3 is 1. The van der Waals surface area contributed by atoms with E-state index in [2.05, 4.69) is 90.0 Å². The number of nitrogen functional groups attached to an aromatic ring is 1. The molecule has 0 aliphatic heterocycles. The van der Waals surface area contributed by atoms with E-state index >= 15 is 0 Å². The maximum atomic E-state index is 5.97. The molecule has 0 aliphatic carbocycles. The molecule has 0 spiro atoms. The van der Waals surface area contributed by atoms with Gasteiger partial charge in [0, 0.05) is 17.5 Å². The quantitative estimate of drug-likeness (QED) is 0.288. The van der Waals surface area contributed by atoms with Crippen molar-refractivity contribution >= 4 is 27.5 Å². The molecule has 5 aromatic rings. The summed E-state index contributed by atoms with van der Waals surface area (Å²) >= 11 is 0. The van der Waals surface area contributed by atoms with Crippen LogP contribution in [0.25, 0.3) is 32.8 Å². The second-order valence-corrected chi connectivity index (χ2v) is 8.55. The fourth-order valence-corrected chi connectivity index (χ4v) is 4.51. The molecule has 5 nitrogen and oxygen atoms in total. The average molecular weight is 437 g/mol. The number of nitrogens with zero attached hydrogens (tertiary/aromatic N) is 1. The van der Waals surface area contributed by atoms with Crippen molar-refractivity contribution in [1.29, 1.82) is 0 Å². The predicted molar refractivity (Wildman–Crippen MR) is 136 cm³/mol. The second-order valence-electron chi connectivity index (χ2n) is 8.55. The van der Waals surface area contributed by atoms with E-state index in [1.165, 1.54) is 27.5 Å². The van der Waals surface area contributed by atoms with Crippen LogP contribution in [0.2, 0.25) is 0 Å². The number of anilines is 1. The van der Waals surface area contributed by atoms with E-state index in [-0.39, 0.29) is 12.1 Å². The van der Waals surface area contributed by atoms with E-state index in [0.717, 1.165) is 22.2 Å². The molecule has 5 rings (SSSR count). The molecule has 0 aliphatic rings. The van der Waals surface area contributed by atoms with Gasteiger partial charge in [-0.05, 0) is 83.3 Å². The maximum Gasteiger partial charge on any atom is 0.153 e. The Bertz CT molecular complexity index is 1440. The molecule has 0 bridgehead atoms. The molecule has 1 heterocycles. The molecule has 5 heteroatoms. The molecule has 33 heavy (non-hydrogen) atoms. The van der Waals surface area contributed by atoms with Crippen LogP contribution in [-0.2, 0) is 0 Å². The number of ether oxygens (including phenoxy) is 1. The van der Waals surface area contributed by atoms with Crippen molar-refractivity contribution in [1.82, 2.24) is 15.5 Å². The Labute approximate surface area is 193 Å². The van der Waals surface area contributed by atoms with Gasteiger partial charge in [-0.15, -0.1) is 0 Å². The number of aromatic amines is 1. The number of benzene rings is 4. The number of nitrogens with one attached hydrogen (secondary N) is 2. The molecular formula is C28H28N4O. The number of H-pyrrole nitrogens is 1. The van der Waals surface area contributed by atoms with Gasteiger partial charge in [0.25, 0.3) is 0 Å². The van der Waals surface area contributed by atoms with Gasteiger partial charge in [0.15, 0.2) is 5.82 Å². The zero-order valence-electron chi connectivity index (χ0n) is 19.1. The van der Waals surface area contributed by atoms with Crippen LogP contribution in [0.15, 0.2) is 78.9 Å².